The number of hydrogen-bond donors (Lipinski definition) is 1. The maximum atomic E-state index is 11.9. The summed E-state index contributed by atoms with van der Waals surface area (Å²) in [6.07, 6.45) is 3.25. The molecule has 0 aliphatic carbocycles. The smallest absolute Gasteiger partial charge is 0.223 e. The summed E-state index contributed by atoms with van der Waals surface area (Å²) >= 11 is 0. The topological polar surface area (TPSA) is 45.5 Å². The van der Waals surface area contributed by atoms with Crippen molar-refractivity contribution in [3.63, 3.8) is 0 Å². The van der Waals surface area contributed by atoms with E-state index in [0.29, 0.717) is 6.54 Å². The summed E-state index contributed by atoms with van der Waals surface area (Å²) < 4.78 is 2.12. The van der Waals surface area contributed by atoms with Gasteiger partial charge in [0.25, 0.3) is 0 Å². The molecule has 1 heterocycles. The van der Waals surface area contributed by atoms with Gasteiger partial charge in [0.1, 0.15) is 0 Å². The standard InChI is InChI=1S/C17H30N2O2/c1-6-9-10-18(8-3)12-15-17(21)16(20)11-14(5)19(15)13(4)7-2/h11,13,21H,6-10,12H2,1-5H3. The van der Waals surface area contributed by atoms with E-state index in [9.17, 15) is 9.90 Å². The van der Waals surface area contributed by atoms with Crippen LogP contribution in [0.4, 0.5) is 0 Å². The van der Waals surface area contributed by atoms with Crippen LogP contribution in [0.25, 0.3) is 0 Å². The predicted molar refractivity (Wildman–Crippen MR) is 88.0 cm³/mol. The molecule has 21 heavy (non-hydrogen) atoms. The summed E-state index contributed by atoms with van der Waals surface area (Å²) in [6, 6.07) is 1.81. The fourth-order valence-electron chi connectivity index (χ4n) is 2.69. The third kappa shape index (κ3) is 4.34. The largest absolute Gasteiger partial charge is 0.503 e. The van der Waals surface area contributed by atoms with Crippen LogP contribution in [0.5, 0.6) is 5.75 Å². The van der Waals surface area contributed by atoms with Crippen LogP contribution in [0.15, 0.2) is 10.9 Å². The van der Waals surface area contributed by atoms with Crippen molar-refractivity contribution in [3.8, 4) is 5.75 Å². The Morgan fingerprint density at radius 1 is 1.33 bits per heavy atom. The van der Waals surface area contributed by atoms with Gasteiger partial charge in [-0.25, -0.2) is 0 Å². The van der Waals surface area contributed by atoms with E-state index in [1.165, 1.54) is 6.07 Å². The number of hydrogen-bond acceptors (Lipinski definition) is 3. The lowest BCUT2D eigenvalue weighted by molar-refractivity contribution is 0.257. The average Bonchev–Trinajstić information content (AvgIpc) is 2.47. The zero-order valence-corrected chi connectivity index (χ0v) is 14.1. The summed E-state index contributed by atoms with van der Waals surface area (Å²) in [5, 5.41) is 10.3. The van der Waals surface area contributed by atoms with Crippen molar-refractivity contribution in [1.82, 2.24) is 9.47 Å². The number of aromatic nitrogens is 1. The second-order valence-electron chi connectivity index (χ2n) is 5.79. The fourth-order valence-corrected chi connectivity index (χ4v) is 2.69. The molecule has 0 spiro atoms. The molecule has 0 saturated carbocycles. The molecule has 0 bridgehead atoms. The molecule has 0 aliphatic rings. The second-order valence-corrected chi connectivity index (χ2v) is 5.79. The highest BCUT2D eigenvalue weighted by Crippen LogP contribution is 2.23. The van der Waals surface area contributed by atoms with Crippen LogP contribution in [0, 0.1) is 6.92 Å². The van der Waals surface area contributed by atoms with Crippen molar-refractivity contribution >= 4 is 0 Å². The number of aromatic hydroxyl groups is 1. The highest BCUT2D eigenvalue weighted by molar-refractivity contribution is 5.30. The zero-order chi connectivity index (χ0) is 16.0. The number of unbranched alkanes of at least 4 members (excludes halogenated alkanes) is 1. The Morgan fingerprint density at radius 3 is 2.52 bits per heavy atom. The maximum absolute atomic E-state index is 11.9. The van der Waals surface area contributed by atoms with Crippen molar-refractivity contribution in [2.24, 2.45) is 0 Å². The zero-order valence-electron chi connectivity index (χ0n) is 14.1. The van der Waals surface area contributed by atoms with Gasteiger partial charge in [0.05, 0.1) is 5.69 Å². The van der Waals surface area contributed by atoms with E-state index in [1.54, 1.807) is 0 Å². The summed E-state index contributed by atoms with van der Waals surface area (Å²) in [4.78, 5) is 14.2. The molecule has 1 N–H and O–H groups in total. The van der Waals surface area contributed by atoms with E-state index in [1.807, 2.05) is 6.92 Å². The van der Waals surface area contributed by atoms with Crippen LogP contribution in [0.3, 0.4) is 0 Å². The Balaban J connectivity index is 3.21. The molecule has 1 rings (SSSR count). The van der Waals surface area contributed by atoms with Crippen LogP contribution >= 0.6 is 0 Å². The van der Waals surface area contributed by atoms with Crippen LogP contribution in [0.2, 0.25) is 0 Å². The summed E-state index contributed by atoms with van der Waals surface area (Å²) in [5.74, 6) is -0.0872. The van der Waals surface area contributed by atoms with Crippen molar-refractivity contribution in [2.75, 3.05) is 13.1 Å². The molecule has 4 heteroatoms. The minimum absolute atomic E-state index is 0.0872. The Bertz CT molecular complexity index is 508. The molecular formula is C17H30N2O2. The molecule has 1 aromatic rings. The third-order valence-electron chi connectivity index (χ3n) is 4.20. The Morgan fingerprint density at radius 2 is 2.00 bits per heavy atom. The molecule has 0 aromatic carbocycles. The van der Waals surface area contributed by atoms with Gasteiger partial charge in [-0.3, -0.25) is 9.69 Å². The molecule has 0 saturated heterocycles. The molecule has 1 atom stereocenters. The van der Waals surface area contributed by atoms with Crippen molar-refractivity contribution in [1.29, 1.82) is 0 Å². The fraction of sp³-hybridized carbons (Fsp3) is 0.706. The average molecular weight is 294 g/mol. The van der Waals surface area contributed by atoms with Gasteiger partial charge < -0.3 is 9.67 Å². The molecule has 0 amide bonds. The van der Waals surface area contributed by atoms with Gasteiger partial charge >= 0.3 is 0 Å². The lowest BCUT2D eigenvalue weighted by atomic mass is 10.1. The van der Waals surface area contributed by atoms with Crippen molar-refractivity contribution < 1.29 is 5.11 Å². The van der Waals surface area contributed by atoms with Gasteiger partial charge in [0.2, 0.25) is 5.43 Å². The minimum Gasteiger partial charge on any atom is -0.503 e. The molecular weight excluding hydrogens is 264 g/mol. The van der Waals surface area contributed by atoms with Crippen molar-refractivity contribution in [3.05, 3.63) is 27.7 Å². The maximum Gasteiger partial charge on any atom is 0.223 e. The monoisotopic (exact) mass is 294 g/mol. The Labute approximate surface area is 128 Å². The molecule has 1 aromatic heterocycles. The van der Waals surface area contributed by atoms with E-state index < -0.39 is 0 Å². The van der Waals surface area contributed by atoms with Crippen molar-refractivity contribution in [2.45, 2.75) is 66.5 Å². The highest BCUT2D eigenvalue weighted by Gasteiger charge is 2.18. The van der Waals surface area contributed by atoms with E-state index in [-0.39, 0.29) is 17.2 Å². The van der Waals surface area contributed by atoms with Crippen LogP contribution in [-0.4, -0.2) is 27.7 Å². The SMILES string of the molecule is CCCCN(CC)Cc1c(O)c(=O)cc(C)n1C(C)CC. The third-order valence-corrected chi connectivity index (χ3v) is 4.20. The second kappa shape index (κ2) is 8.23. The lowest BCUT2D eigenvalue weighted by Gasteiger charge is -2.27. The van der Waals surface area contributed by atoms with Gasteiger partial charge in [0.15, 0.2) is 5.75 Å². The molecule has 4 nitrogen and oxygen atoms in total. The van der Waals surface area contributed by atoms with Crippen LogP contribution in [0.1, 0.15) is 64.4 Å². The van der Waals surface area contributed by atoms with E-state index in [2.05, 4.69) is 37.2 Å². The molecule has 0 aliphatic heterocycles. The number of rotatable bonds is 8. The van der Waals surface area contributed by atoms with Gasteiger partial charge in [-0.2, -0.15) is 0 Å². The first-order chi connectivity index (χ1) is 9.96. The molecule has 1 unspecified atom stereocenters. The number of aryl methyl sites for hydroxylation is 1. The minimum atomic E-state index is -0.270. The Kier molecular flexibility index (Phi) is 6.96. The lowest BCUT2D eigenvalue weighted by Crippen LogP contribution is -2.29. The summed E-state index contributed by atoms with van der Waals surface area (Å²) in [5.41, 5.74) is 1.41. The van der Waals surface area contributed by atoms with E-state index in [0.717, 1.165) is 43.7 Å². The van der Waals surface area contributed by atoms with Gasteiger partial charge in [0, 0.05) is 24.3 Å². The van der Waals surface area contributed by atoms with Crippen LogP contribution < -0.4 is 5.43 Å². The van der Waals surface area contributed by atoms with E-state index >= 15 is 0 Å². The predicted octanol–water partition coefficient (Wildman–Crippen LogP) is 3.46. The van der Waals surface area contributed by atoms with Gasteiger partial charge in [-0.05, 0) is 39.8 Å². The first kappa shape index (κ1) is 17.8. The summed E-state index contributed by atoms with van der Waals surface area (Å²) in [7, 11) is 0. The highest BCUT2D eigenvalue weighted by atomic mass is 16.3. The van der Waals surface area contributed by atoms with Gasteiger partial charge in [-0.15, -0.1) is 0 Å². The summed E-state index contributed by atoms with van der Waals surface area (Å²) in [6.45, 7) is 13.0. The normalized spacial score (nSPS) is 12.9. The van der Waals surface area contributed by atoms with E-state index in [4.69, 9.17) is 0 Å². The quantitative estimate of drug-likeness (QED) is 0.798. The molecule has 120 valence electrons. The number of nitrogens with zero attached hydrogens (tertiary/aromatic N) is 2. The Hall–Kier alpha value is -1.29. The molecule has 0 radical (unpaired) electrons. The number of pyridine rings is 1. The first-order valence-electron chi connectivity index (χ1n) is 8.12. The first-order valence-corrected chi connectivity index (χ1v) is 8.12. The molecule has 0 fully saturated rings. The van der Waals surface area contributed by atoms with Crippen LogP contribution in [-0.2, 0) is 6.54 Å². The van der Waals surface area contributed by atoms with Gasteiger partial charge in [-0.1, -0.05) is 27.2 Å².